The van der Waals surface area contributed by atoms with Gasteiger partial charge in [-0.05, 0) is 26.7 Å². The van der Waals surface area contributed by atoms with Crippen molar-refractivity contribution in [2.24, 2.45) is 10.8 Å². The van der Waals surface area contributed by atoms with Gasteiger partial charge in [0, 0.05) is 11.6 Å². The third kappa shape index (κ3) is 2.52. The first kappa shape index (κ1) is 10.9. The number of aliphatic imine (C=N–C) groups is 1. The molecule has 0 aliphatic heterocycles. The second-order valence-corrected chi connectivity index (χ2v) is 4.03. The number of nitrogens with one attached hydrogen (secondary N) is 2. The molecule has 0 amide bonds. The molecule has 0 spiro atoms. The van der Waals surface area contributed by atoms with Crippen LogP contribution in [0.2, 0.25) is 0 Å². The highest BCUT2D eigenvalue weighted by Gasteiger charge is 2.22. The predicted octanol–water partition coefficient (Wildman–Crippen LogP) is 0.363. The summed E-state index contributed by atoms with van der Waals surface area (Å²) in [6.07, 6.45) is 2.37. The summed E-state index contributed by atoms with van der Waals surface area (Å²) in [7, 11) is 0. The summed E-state index contributed by atoms with van der Waals surface area (Å²) in [5, 5.41) is 7.08. The lowest BCUT2D eigenvalue weighted by molar-refractivity contribution is 0.392. The average Bonchev–Trinajstić information content (AvgIpc) is 3.03. The molecule has 6 nitrogen and oxygen atoms in total. The molecule has 88 valence electrons. The number of aromatic nitrogens is 1. The highest BCUT2D eigenvalue weighted by Crippen LogP contribution is 2.18. The lowest BCUT2D eigenvalue weighted by Crippen LogP contribution is -2.42. The molecule has 0 saturated heterocycles. The van der Waals surface area contributed by atoms with Gasteiger partial charge in [-0.25, -0.2) is 10.8 Å². The Labute approximate surface area is 94.3 Å². The van der Waals surface area contributed by atoms with Crippen molar-refractivity contribution in [2.75, 3.05) is 0 Å². The van der Waals surface area contributed by atoms with Crippen molar-refractivity contribution in [3.05, 3.63) is 17.0 Å². The molecule has 0 bridgehead atoms. The van der Waals surface area contributed by atoms with Gasteiger partial charge in [-0.15, -0.1) is 0 Å². The van der Waals surface area contributed by atoms with Crippen LogP contribution in [-0.2, 0) is 6.54 Å². The molecule has 1 aliphatic carbocycles. The summed E-state index contributed by atoms with van der Waals surface area (Å²) >= 11 is 0. The van der Waals surface area contributed by atoms with Gasteiger partial charge in [-0.2, -0.15) is 0 Å². The topological polar surface area (TPSA) is 88.5 Å². The Balaban J connectivity index is 1.99. The van der Waals surface area contributed by atoms with E-state index in [9.17, 15) is 0 Å². The van der Waals surface area contributed by atoms with Crippen LogP contribution in [0.4, 0.5) is 0 Å². The van der Waals surface area contributed by atoms with Crippen LogP contribution in [0, 0.1) is 13.8 Å². The second-order valence-electron chi connectivity index (χ2n) is 4.03. The van der Waals surface area contributed by atoms with Crippen LogP contribution in [-0.4, -0.2) is 17.2 Å². The minimum atomic E-state index is 0.527. The van der Waals surface area contributed by atoms with Crippen LogP contribution in [0.3, 0.4) is 0 Å². The van der Waals surface area contributed by atoms with E-state index in [0.29, 0.717) is 18.5 Å². The molecule has 0 aromatic carbocycles. The maximum atomic E-state index is 5.38. The third-order valence-corrected chi connectivity index (χ3v) is 2.63. The summed E-state index contributed by atoms with van der Waals surface area (Å²) in [5.41, 5.74) is 4.46. The Morgan fingerprint density at radius 1 is 1.56 bits per heavy atom. The molecule has 1 aromatic rings. The number of hydrogen-bond acceptors (Lipinski definition) is 4. The molecule has 0 unspecified atom stereocenters. The Morgan fingerprint density at radius 3 is 2.81 bits per heavy atom. The van der Waals surface area contributed by atoms with Gasteiger partial charge >= 0.3 is 0 Å². The van der Waals surface area contributed by atoms with Crippen molar-refractivity contribution in [1.29, 1.82) is 0 Å². The summed E-state index contributed by atoms with van der Waals surface area (Å²) < 4.78 is 5.06. The number of nitrogens with two attached hydrogens (primary N) is 1. The van der Waals surface area contributed by atoms with Gasteiger partial charge in [-0.1, -0.05) is 5.16 Å². The van der Waals surface area contributed by atoms with Crippen molar-refractivity contribution in [2.45, 2.75) is 39.3 Å². The van der Waals surface area contributed by atoms with Crippen LogP contribution in [0.1, 0.15) is 29.9 Å². The zero-order chi connectivity index (χ0) is 11.5. The van der Waals surface area contributed by atoms with Gasteiger partial charge in [0.05, 0.1) is 12.2 Å². The van der Waals surface area contributed by atoms with Gasteiger partial charge in [0.25, 0.3) is 0 Å². The molecule has 0 atom stereocenters. The maximum Gasteiger partial charge on any atom is 0.206 e. The third-order valence-electron chi connectivity index (χ3n) is 2.63. The largest absolute Gasteiger partial charge is 0.361 e. The quantitative estimate of drug-likeness (QED) is 0.298. The van der Waals surface area contributed by atoms with E-state index < -0.39 is 0 Å². The molecule has 0 radical (unpaired) electrons. The minimum absolute atomic E-state index is 0.527. The van der Waals surface area contributed by atoms with Gasteiger partial charge in [0.1, 0.15) is 5.76 Å². The molecule has 1 aromatic heterocycles. The molecule has 1 fully saturated rings. The van der Waals surface area contributed by atoms with Crippen molar-refractivity contribution in [3.8, 4) is 0 Å². The highest BCUT2D eigenvalue weighted by atomic mass is 16.5. The van der Waals surface area contributed by atoms with E-state index in [4.69, 9.17) is 10.4 Å². The number of hydrogen-bond donors (Lipinski definition) is 3. The first-order chi connectivity index (χ1) is 7.70. The predicted molar refractivity (Wildman–Crippen MR) is 60.6 cm³/mol. The van der Waals surface area contributed by atoms with Gasteiger partial charge in [0.15, 0.2) is 0 Å². The smallest absolute Gasteiger partial charge is 0.206 e. The normalized spacial score (nSPS) is 16.3. The Bertz CT molecular complexity index is 374. The lowest BCUT2D eigenvalue weighted by atomic mass is 10.2. The fraction of sp³-hybridized carbons (Fsp3) is 0.600. The van der Waals surface area contributed by atoms with E-state index in [1.165, 1.54) is 12.8 Å². The van der Waals surface area contributed by atoms with Gasteiger partial charge in [-0.3, -0.25) is 5.43 Å². The van der Waals surface area contributed by atoms with Crippen molar-refractivity contribution < 1.29 is 4.52 Å². The molecule has 1 aliphatic rings. The number of guanidine groups is 1. The molecule has 16 heavy (non-hydrogen) atoms. The SMILES string of the molecule is Cc1noc(C)c1CN=C(NN)NC1CC1. The standard InChI is InChI=1S/C10H17N5O/c1-6-9(7(2)16-15-6)5-12-10(14-11)13-8-3-4-8/h8H,3-5,11H2,1-2H3,(H2,12,13,14). The Hall–Kier alpha value is -1.56. The van der Waals surface area contributed by atoms with E-state index in [1.807, 2.05) is 13.8 Å². The Kier molecular flexibility index (Phi) is 3.09. The fourth-order valence-electron chi connectivity index (χ4n) is 1.44. The fourth-order valence-corrected chi connectivity index (χ4v) is 1.44. The Morgan fingerprint density at radius 2 is 2.31 bits per heavy atom. The van der Waals surface area contributed by atoms with E-state index in [0.717, 1.165) is 17.0 Å². The van der Waals surface area contributed by atoms with E-state index in [-0.39, 0.29) is 0 Å². The minimum Gasteiger partial charge on any atom is -0.361 e. The molecule has 6 heteroatoms. The molecular weight excluding hydrogens is 206 g/mol. The second kappa shape index (κ2) is 4.52. The van der Waals surface area contributed by atoms with Crippen LogP contribution >= 0.6 is 0 Å². The molecule has 1 heterocycles. The summed E-state index contributed by atoms with van der Waals surface area (Å²) in [6.45, 7) is 4.32. The summed E-state index contributed by atoms with van der Waals surface area (Å²) in [4.78, 5) is 4.36. The lowest BCUT2D eigenvalue weighted by Gasteiger charge is -2.07. The molecule has 1 saturated carbocycles. The first-order valence-corrected chi connectivity index (χ1v) is 5.40. The van der Waals surface area contributed by atoms with Crippen LogP contribution in [0.15, 0.2) is 9.52 Å². The first-order valence-electron chi connectivity index (χ1n) is 5.40. The van der Waals surface area contributed by atoms with Crippen molar-refractivity contribution in [1.82, 2.24) is 15.9 Å². The zero-order valence-electron chi connectivity index (χ0n) is 9.58. The average molecular weight is 223 g/mol. The molecular formula is C10H17N5O. The van der Waals surface area contributed by atoms with Gasteiger partial charge < -0.3 is 9.84 Å². The molecule has 4 N–H and O–H groups in total. The van der Waals surface area contributed by atoms with Crippen LogP contribution in [0.5, 0.6) is 0 Å². The number of hydrazine groups is 1. The maximum absolute atomic E-state index is 5.38. The molecule has 2 rings (SSSR count). The monoisotopic (exact) mass is 223 g/mol. The van der Waals surface area contributed by atoms with Crippen LogP contribution < -0.4 is 16.6 Å². The van der Waals surface area contributed by atoms with E-state index >= 15 is 0 Å². The summed E-state index contributed by atoms with van der Waals surface area (Å²) in [6, 6.07) is 0.527. The van der Waals surface area contributed by atoms with Crippen molar-refractivity contribution in [3.63, 3.8) is 0 Å². The van der Waals surface area contributed by atoms with Crippen LogP contribution in [0.25, 0.3) is 0 Å². The van der Waals surface area contributed by atoms with E-state index in [1.54, 1.807) is 0 Å². The van der Waals surface area contributed by atoms with Crippen molar-refractivity contribution >= 4 is 5.96 Å². The zero-order valence-corrected chi connectivity index (χ0v) is 9.58. The number of rotatable bonds is 3. The summed E-state index contributed by atoms with van der Waals surface area (Å²) in [5.74, 6) is 6.82. The number of nitrogens with zero attached hydrogens (tertiary/aromatic N) is 2. The van der Waals surface area contributed by atoms with Gasteiger partial charge in [0.2, 0.25) is 5.96 Å². The number of aryl methyl sites for hydroxylation is 2. The van der Waals surface area contributed by atoms with E-state index in [2.05, 4.69) is 20.9 Å². The highest BCUT2D eigenvalue weighted by molar-refractivity contribution is 5.79.